The van der Waals surface area contributed by atoms with Crippen LogP contribution in [0.15, 0.2) is 22.7 Å². The van der Waals surface area contributed by atoms with E-state index in [1.807, 2.05) is 25.1 Å². The molecule has 3 rings (SSSR count). The van der Waals surface area contributed by atoms with Crippen molar-refractivity contribution in [3.05, 3.63) is 32.6 Å². The Kier molecular flexibility index (Phi) is 4.54. The van der Waals surface area contributed by atoms with Gasteiger partial charge in [0, 0.05) is 21.2 Å². The van der Waals surface area contributed by atoms with Crippen molar-refractivity contribution in [1.29, 1.82) is 0 Å². The summed E-state index contributed by atoms with van der Waals surface area (Å²) in [5, 5.41) is 4.45. The zero-order valence-corrected chi connectivity index (χ0v) is 14.6. The van der Waals surface area contributed by atoms with Gasteiger partial charge in [0.15, 0.2) is 0 Å². The van der Waals surface area contributed by atoms with Crippen LogP contribution in [0.1, 0.15) is 29.4 Å². The first-order chi connectivity index (χ1) is 10.1. The lowest BCUT2D eigenvalue weighted by Gasteiger charge is -2.19. The lowest BCUT2D eigenvalue weighted by Crippen LogP contribution is -2.40. The Labute approximate surface area is 140 Å². The average molecular weight is 389 g/mol. The van der Waals surface area contributed by atoms with Gasteiger partial charge in [-0.3, -0.25) is 4.79 Å². The van der Waals surface area contributed by atoms with E-state index >= 15 is 0 Å². The van der Waals surface area contributed by atoms with Crippen molar-refractivity contribution in [2.24, 2.45) is 0 Å². The maximum atomic E-state index is 12.4. The number of carbonyl (C=O) groups is 1. The van der Waals surface area contributed by atoms with Crippen LogP contribution in [0.3, 0.4) is 0 Å². The standard InChI is InChI=1S/C15H15BrClNO2S/c1-8(11-3-2-6-20-11)18-15(19)14-13(17)10-5-4-9(16)7-12(10)21-14/h4-5,7-8,11H,2-3,6H2,1H3,(H,18,19)/t8-,11-/m0/s1. The first-order valence-corrected chi connectivity index (χ1v) is 8.85. The summed E-state index contributed by atoms with van der Waals surface area (Å²) >= 11 is 11.2. The summed E-state index contributed by atoms with van der Waals surface area (Å²) in [7, 11) is 0. The van der Waals surface area contributed by atoms with Gasteiger partial charge in [-0.1, -0.05) is 33.6 Å². The molecule has 1 amide bonds. The Morgan fingerprint density at radius 3 is 3.10 bits per heavy atom. The molecule has 1 aliphatic heterocycles. The molecule has 2 atom stereocenters. The normalized spacial score (nSPS) is 19.9. The SMILES string of the molecule is C[C@H](NC(=O)c1sc2cc(Br)ccc2c1Cl)[C@@H]1CCCO1. The number of halogens is 2. The third-order valence-corrected chi connectivity index (χ3v) is 5.83. The van der Waals surface area contributed by atoms with Crippen molar-refractivity contribution in [1.82, 2.24) is 5.32 Å². The number of thiophene rings is 1. The zero-order valence-electron chi connectivity index (χ0n) is 11.5. The van der Waals surface area contributed by atoms with Crippen LogP contribution < -0.4 is 5.32 Å². The molecule has 0 unspecified atom stereocenters. The van der Waals surface area contributed by atoms with Crippen LogP contribution in [0.4, 0.5) is 0 Å². The number of amides is 1. The van der Waals surface area contributed by atoms with E-state index < -0.39 is 0 Å². The molecular weight excluding hydrogens is 374 g/mol. The van der Waals surface area contributed by atoms with Crippen molar-refractivity contribution in [3.63, 3.8) is 0 Å². The molecule has 1 fully saturated rings. The van der Waals surface area contributed by atoms with Crippen LogP contribution in [0.2, 0.25) is 5.02 Å². The van der Waals surface area contributed by atoms with Gasteiger partial charge < -0.3 is 10.1 Å². The highest BCUT2D eigenvalue weighted by Gasteiger charge is 2.25. The largest absolute Gasteiger partial charge is 0.376 e. The fraction of sp³-hybridized carbons (Fsp3) is 0.400. The van der Waals surface area contributed by atoms with Gasteiger partial charge in [0.2, 0.25) is 0 Å². The minimum absolute atomic E-state index is 0.00647. The van der Waals surface area contributed by atoms with E-state index in [4.69, 9.17) is 16.3 Å². The zero-order chi connectivity index (χ0) is 15.0. The van der Waals surface area contributed by atoms with Crippen molar-refractivity contribution in [2.45, 2.75) is 31.9 Å². The molecule has 2 aromatic rings. The monoisotopic (exact) mass is 387 g/mol. The van der Waals surface area contributed by atoms with Crippen molar-refractivity contribution < 1.29 is 9.53 Å². The second-order valence-corrected chi connectivity index (χ2v) is 7.55. The Hall–Kier alpha value is -0.620. The molecule has 0 saturated carbocycles. The number of ether oxygens (including phenoxy) is 1. The Morgan fingerprint density at radius 2 is 2.38 bits per heavy atom. The Balaban J connectivity index is 1.82. The number of hydrogen-bond donors (Lipinski definition) is 1. The molecule has 0 bridgehead atoms. The summed E-state index contributed by atoms with van der Waals surface area (Å²) < 4.78 is 7.59. The van der Waals surface area contributed by atoms with Crippen LogP contribution in [-0.4, -0.2) is 24.7 Å². The second kappa shape index (κ2) is 6.24. The van der Waals surface area contributed by atoms with Gasteiger partial charge >= 0.3 is 0 Å². The van der Waals surface area contributed by atoms with E-state index in [1.54, 1.807) is 0 Å². The molecule has 0 spiro atoms. The van der Waals surface area contributed by atoms with E-state index in [2.05, 4.69) is 21.2 Å². The molecule has 0 aliphatic carbocycles. The number of nitrogens with one attached hydrogen (secondary N) is 1. The molecule has 1 aromatic heterocycles. The summed E-state index contributed by atoms with van der Waals surface area (Å²) in [6.45, 7) is 2.76. The minimum Gasteiger partial charge on any atom is -0.376 e. The topological polar surface area (TPSA) is 38.3 Å². The number of hydrogen-bond acceptors (Lipinski definition) is 3. The predicted octanol–water partition coefficient (Wildman–Crippen LogP) is 4.61. The van der Waals surface area contributed by atoms with Gasteiger partial charge in [-0.25, -0.2) is 0 Å². The van der Waals surface area contributed by atoms with Crippen LogP contribution in [0.5, 0.6) is 0 Å². The quantitative estimate of drug-likeness (QED) is 0.833. The molecule has 3 nitrogen and oxygen atoms in total. The van der Waals surface area contributed by atoms with Gasteiger partial charge in [0.1, 0.15) is 4.88 Å². The van der Waals surface area contributed by atoms with Gasteiger partial charge in [0.25, 0.3) is 5.91 Å². The first kappa shape index (κ1) is 15.3. The summed E-state index contributed by atoms with van der Waals surface area (Å²) in [5.41, 5.74) is 0. The highest BCUT2D eigenvalue weighted by Crippen LogP contribution is 2.36. The van der Waals surface area contributed by atoms with Gasteiger partial charge in [-0.15, -0.1) is 11.3 Å². The molecule has 6 heteroatoms. The molecule has 1 saturated heterocycles. The minimum atomic E-state index is -0.125. The van der Waals surface area contributed by atoms with Gasteiger partial charge in [-0.2, -0.15) is 0 Å². The van der Waals surface area contributed by atoms with E-state index in [0.717, 1.165) is 34.0 Å². The summed E-state index contributed by atoms with van der Waals surface area (Å²) in [5.74, 6) is -0.125. The molecule has 112 valence electrons. The molecule has 1 N–H and O–H groups in total. The molecule has 0 radical (unpaired) electrons. The summed E-state index contributed by atoms with van der Waals surface area (Å²) in [6, 6.07) is 5.83. The number of fused-ring (bicyclic) bond motifs is 1. The third kappa shape index (κ3) is 3.11. The highest BCUT2D eigenvalue weighted by atomic mass is 79.9. The second-order valence-electron chi connectivity index (χ2n) is 5.20. The summed E-state index contributed by atoms with van der Waals surface area (Å²) in [6.07, 6.45) is 2.16. The van der Waals surface area contributed by atoms with Crippen molar-refractivity contribution in [3.8, 4) is 0 Å². The molecule has 1 aromatic carbocycles. The van der Waals surface area contributed by atoms with Gasteiger partial charge in [0.05, 0.1) is 17.2 Å². The lowest BCUT2D eigenvalue weighted by molar-refractivity contribution is 0.0715. The number of carbonyl (C=O) groups excluding carboxylic acids is 1. The van der Waals surface area contributed by atoms with Gasteiger partial charge in [-0.05, 0) is 31.9 Å². The fourth-order valence-corrected chi connectivity index (χ4v) is 4.52. The molecule has 1 aliphatic rings. The highest BCUT2D eigenvalue weighted by molar-refractivity contribution is 9.10. The van der Waals surface area contributed by atoms with E-state index in [-0.39, 0.29) is 18.1 Å². The van der Waals surface area contributed by atoms with E-state index in [0.29, 0.717) is 9.90 Å². The number of benzene rings is 1. The third-order valence-electron chi connectivity index (χ3n) is 3.68. The van der Waals surface area contributed by atoms with Crippen LogP contribution in [-0.2, 0) is 4.74 Å². The van der Waals surface area contributed by atoms with E-state index in [1.165, 1.54) is 11.3 Å². The molecule has 2 heterocycles. The maximum absolute atomic E-state index is 12.4. The molecular formula is C15H15BrClNO2S. The Bertz CT molecular complexity index is 682. The fourth-order valence-electron chi connectivity index (χ4n) is 2.55. The van der Waals surface area contributed by atoms with E-state index in [9.17, 15) is 4.79 Å². The molecule has 21 heavy (non-hydrogen) atoms. The lowest BCUT2D eigenvalue weighted by atomic mass is 10.1. The Morgan fingerprint density at radius 1 is 1.57 bits per heavy atom. The first-order valence-electron chi connectivity index (χ1n) is 6.86. The van der Waals surface area contributed by atoms with Crippen LogP contribution >= 0.6 is 38.9 Å². The van der Waals surface area contributed by atoms with Crippen LogP contribution in [0, 0.1) is 0 Å². The smallest absolute Gasteiger partial charge is 0.263 e. The van der Waals surface area contributed by atoms with Crippen molar-refractivity contribution in [2.75, 3.05) is 6.61 Å². The predicted molar refractivity (Wildman–Crippen MR) is 90.4 cm³/mol. The maximum Gasteiger partial charge on any atom is 0.263 e. The van der Waals surface area contributed by atoms with Crippen molar-refractivity contribution >= 4 is 54.9 Å². The number of rotatable bonds is 3. The van der Waals surface area contributed by atoms with Crippen LogP contribution in [0.25, 0.3) is 10.1 Å². The average Bonchev–Trinajstić information content (AvgIpc) is 3.07. The summed E-state index contributed by atoms with van der Waals surface area (Å²) in [4.78, 5) is 13.0.